The number of thiazole rings is 1. The van der Waals surface area contributed by atoms with Gasteiger partial charge in [0.15, 0.2) is 5.13 Å². The number of benzene rings is 1. The topological polar surface area (TPSA) is 88.3 Å². The van der Waals surface area contributed by atoms with Crippen LogP contribution in [0.5, 0.6) is 0 Å². The molecule has 120 valence electrons. The minimum Gasteiger partial charge on any atom is -0.348 e. The molecule has 1 saturated heterocycles. The van der Waals surface area contributed by atoms with Crippen LogP contribution in [0.15, 0.2) is 18.2 Å². The zero-order valence-electron chi connectivity index (χ0n) is 12.4. The van der Waals surface area contributed by atoms with Crippen molar-refractivity contribution in [3.63, 3.8) is 0 Å². The molecule has 1 unspecified atom stereocenters. The number of nitrogens with zero attached hydrogens (tertiary/aromatic N) is 2. The Balaban J connectivity index is 1.74. The predicted octanol–water partition coefficient (Wildman–Crippen LogP) is 1.61. The van der Waals surface area contributed by atoms with Gasteiger partial charge >= 0.3 is 0 Å². The van der Waals surface area contributed by atoms with Crippen LogP contribution in [0.3, 0.4) is 0 Å². The average Bonchev–Trinajstić information content (AvgIpc) is 2.90. The Morgan fingerprint density at radius 1 is 1.50 bits per heavy atom. The van der Waals surface area contributed by atoms with Gasteiger partial charge in [0.1, 0.15) is 0 Å². The Labute approximate surface area is 134 Å². The summed E-state index contributed by atoms with van der Waals surface area (Å²) in [5, 5.41) is 6.02. The molecule has 1 fully saturated rings. The lowest BCUT2D eigenvalue weighted by molar-refractivity contribution is 0.411. The van der Waals surface area contributed by atoms with E-state index in [0.29, 0.717) is 6.54 Å². The van der Waals surface area contributed by atoms with E-state index in [4.69, 9.17) is 10.1 Å². The number of para-hydroxylation sites is 1. The summed E-state index contributed by atoms with van der Waals surface area (Å²) in [4.78, 5) is 7.01. The van der Waals surface area contributed by atoms with Gasteiger partial charge in [-0.1, -0.05) is 23.5 Å². The fourth-order valence-corrected chi connectivity index (χ4v) is 4.40. The Morgan fingerprint density at radius 3 is 3.05 bits per heavy atom. The highest BCUT2D eigenvalue weighted by molar-refractivity contribution is 7.87. The largest absolute Gasteiger partial charge is 0.348 e. The van der Waals surface area contributed by atoms with Crippen molar-refractivity contribution in [2.75, 3.05) is 24.5 Å². The lowest BCUT2D eigenvalue weighted by Crippen LogP contribution is -2.42. The maximum absolute atomic E-state index is 11.0. The molecule has 1 aromatic carbocycles. The van der Waals surface area contributed by atoms with Gasteiger partial charge in [-0.3, -0.25) is 0 Å². The second-order valence-corrected chi connectivity index (χ2v) is 8.15. The fraction of sp³-hybridized carbons (Fsp3) is 0.500. The maximum Gasteiger partial charge on any atom is 0.274 e. The van der Waals surface area contributed by atoms with Crippen LogP contribution in [0.4, 0.5) is 5.13 Å². The summed E-state index contributed by atoms with van der Waals surface area (Å²) >= 11 is 1.70. The van der Waals surface area contributed by atoms with Crippen LogP contribution in [-0.4, -0.2) is 33.0 Å². The van der Waals surface area contributed by atoms with E-state index >= 15 is 0 Å². The molecule has 3 N–H and O–H groups in total. The van der Waals surface area contributed by atoms with E-state index < -0.39 is 10.2 Å². The third-order valence-electron chi connectivity index (χ3n) is 3.97. The van der Waals surface area contributed by atoms with Crippen molar-refractivity contribution in [3.8, 4) is 0 Å². The van der Waals surface area contributed by atoms with Gasteiger partial charge in [0.2, 0.25) is 0 Å². The summed E-state index contributed by atoms with van der Waals surface area (Å²) < 4.78 is 25.6. The molecule has 0 aliphatic carbocycles. The highest BCUT2D eigenvalue weighted by Gasteiger charge is 2.23. The van der Waals surface area contributed by atoms with E-state index in [9.17, 15) is 8.42 Å². The Bertz CT molecular complexity index is 772. The van der Waals surface area contributed by atoms with Crippen molar-refractivity contribution in [2.24, 2.45) is 11.1 Å². The first-order chi connectivity index (χ1) is 10.4. The standard InChI is InChI=1S/C14H20N4O2S2/c1-10-4-2-6-12-13(10)17-14(21-12)18-7-3-5-11(9-18)8-16-22(15,19)20/h2,4,6,11,16H,3,5,7-9H2,1H3,(H2,15,19,20). The van der Waals surface area contributed by atoms with Crippen molar-refractivity contribution >= 4 is 36.9 Å². The van der Waals surface area contributed by atoms with E-state index in [1.807, 2.05) is 0 Å². The summed E-state index contributed by atoms with van der Waals surface area (Å²) in [5.74, 6) is 0.264. The van der Waals surface area contributed by atoms with Crippen LogP contribution in [0.25, 0.3) is 10.2 Å². The molecule has 3 rings (SSSR count). The van der Waals surface area contributed by atoms with E-state index in [-0.39, 0.29) is 5.92 Å². The molecule has 1 aromatic heterocycles. The first-order valence-corrected chi connectivity index (χ1v) is 9.67. The van der Waals surface area contributed by atoms with Gasteiger partial charge in [-0.2, -0.15) is 8.42 Å². The summed E-state index contributed by atoms with van der Waals surface area (Å²) in [6, 6.07) is 6.21. The monoisotopic (exact) mass is 340 g/mol. The molecular formula is C14H20N4O2S2. The summed E-state index contributed by atoms with van der Waals surface area (Å²) in [6.07, 6.45) is 2.04. The van der Waals surface area contributed by atoms with Crippen molar-refractivity contribution in [1.29, 1.82) is 0 Å². The minimum absolute atomic E-state index is 0.264. The molecule has 1 aliphatic rings. The molecule has 0 bridgehead atoms. The summed E-state index contributed by atoms with van der Waals surface area (Å²) in [7, 11) is -3.61. The number of aryl methyl sites for hydroxylation is 1. The smallest absolute Gasteiger partial charge is 0.274 e. The van der Waals surface area contributed by atoms with Crippen LogP contribution in [-0.2, 0) is 10.2 Å². The molecule has 2 heterocycles. The number of nitrogens with one attached hydrogen (secondary N) is 1. The number of hydrogen-bond donors (Lipinski definition) is 2. The van der Waals surface area contributed by atoms with Crippen LogP contribution in [0.2, 0.25) is 0 Å². The van der Waals surface area contributed by atoms with Crippen molar-refractivity contribution < 1.29 is 8.42 Å². The fourth-order valence-electron chi connectivity index (χ4n) is 2.85. The molecule has 0 radical (unpaired) electrons. The first kappa shape index (κ1) is 15.7. The number of rotatable bonds is 4. The summed E-state index contributed by atoms with van der Waals surface area (Å²) in [5.41, 5.74) is 2.25. The number of aromatic nitrogens is 1. The van der Waals surface area contributed by atoms with Gasteiger partial charge in [0, 0.05) is 19.6 Å². The quantitative estimate of drug-likeness (QED) is 0.885. The van der Waals surface area contributed by atoms with Gasteiger partial charge in [0.25, 0.3) is 10.2 Å². The minimum atomic E-state index is -3.61. The third kappa shape index (κ3) is 3.57. The average molecular weight is 340 g/mol. The molecule has 22 heavy (non-hydrogen) atoms. The zero-order chi connectivity index (χ0) is 15.7. The highest BCUT2D eigenvalue weighted by Crippen LogP contribution is 2.32. The number of piperidine rings is 1. The number of hydrogen-bond acceptors (Lipinski definition) is 5. The Morgan fingerprint density at radius 2 is 2.32 bits per heavy atom. The molecule has 8 heteroatoms. The number of fused-ring (bicyclic) bond motifs is 1. The molecule has 0 saturated carbocycles. The lowest BCUT2D eigenvalue weighted by atomic mass is 9.99. The van der Waals surface area contributed by atoms with E-state index in [1.54, 1.807) is 11.3 Å². The van der Waals surface area contributed by atoms with Gasteiger partial charge in [0.05, 0.1) is 10.2 Å². The number of nitrogens with two attached hydrogens (primary N) is 1. The molecule has 2 aromatic rings. The molecule has 1 atom stereocenters. The van der Waals surface area contributed by atoms with E-state index in [1.165, 1.54) is 10.3 Å². The third-order valence-corrected chi connectivity index (χ3v) is 5.62. The molecule has 6 nitrogen and oxygen atoms in total. The van der Waals surface area contributed by atoms with Crippen LogP contribution >= 0.6 is 11.3 Å². The normalized spacial score (nSPS) is 19.7. The van der Waals surface area contributed by atoms with E-state index in [0.717, 1.165) is 36.6 Å². The van der Waals surface area contributed by atoms with Gasteiger partial charge in [-0.15, -0.1) is 0 Å². The van der Waals surface area contributed by atoms with Crippen molar-refractivity contribution in [3.05, 3.63) is 23.8 Å². The molecule has 0 spiro atoms. The zero-order valence-corrected chi connectivity index (χ0v) is 14.1. The van der Waals surface area contributed by atoms with Gasteiger partial charge in [-0.05, 0) is 37.3 Å². The highest BCUT2D eigenvalue weighted by atomic mass is 32.2. The van der Waals surface area contributed by atoms with Crippen molar-refractivity contribution in [1.82, 2.24) is 9.71 Å². The summed E-state index contributed by atoms with van der Waals surface area (Å²) in [6.45, 7) is 4.23. The first-order valence-electron chi connectivity index (χ1n) is 7.31. The molecule has 1 aliphatic heterocycles. The second-order valence-electron chi connectivity index (χ2n) is 5.77. The lowest BCUT2D eigenvalue weighted by Gasteiger charge is -2.32. The van der Waals surface area contributed by atoms with Crippen molar-refractivity contribution in [2.45, 2.75) is 19.8 Å². The van der Waals surface area contributed by atoms with Gasteiger partial charge < -0.3 is 4.90 Å². The maximum atomic E-state index is 11.0. The van der Waals surface area contributed by atoms with Gasteiger partial charge in [-0.25, -0.2) is 14.8 Å². The molecular weight excluding hydrogens is 320 g/mol. The Hall–Kier alpha value is -1.22. The molecule has 0 amide bonds. The SMILES string of the molecule is Cc1cccc2sc(N3CCCC(CNS(N)(=O)=O)C3)nc12. The second kappa shape index (κ2) is 6.11. The van der Waals surface area contributed by atoms with Crippen LogP contribution in [0.1, 0.15) is 18.4 Å². The van der Waals surface area contributed by atoms with Crippen LogP contribution in [0, 0.1) is 12.8 Å². The van der Waals surface area contributed by atoms with Crippen LogP contribution < -0.4 is 14.8 Å². The predicted molar refractivity (Wildman–Crippen MR) is 90.4 cm³/mol. The Kier molecular flexibility index (Phi) is 4.35. The number of anilines is 1. The van der Waals surface area contributed by atoms with E-state index in [2.05, 4.69) is 34.7 Å².